The highest BCUT2D eigenvalue weighted by molar-refractivity contribution is 5.88. The van der Waals surface area contributed by atoms with Crippen molar-refractivity contribution in [2.45, 2.75) is 26.4 Å². The molecule has 7 heteroatoms. The number of nitrogens with one attached hydrogen (secondary N) is 1. The second-order valence-electron chi connectivity index (χ2n) is 7.85. The van der Waals surface area contributed by atoms with E-state index >= 15 is 0 Å². The van der Waals surface area contributed by atoms with Crippen LogP contribution in [-0.4, -0.2) is 58.6 Å². The van der Waals surface area contributed by atoms with Crippen molar-refractivity contribution < 1.29 is 14.3 Å². The van der Waals surface area contributed by atoms with Crippen molar-refractivity contribution in [3.63, 3.8) is 0 Å². The van der Waals surface area contributed by atoms with E-state index in [2.05, 4.69) is 40.2 Å². The van der Waals surface area contributed by atoms with Crippen LogP contribution in [0.2, 0.25) is 0 Å². The van der Waals surface area contributed by atoms with Gasteiger partial charge in [0, 0.05) is 44.6 Å². The molecule has 0 aliphatic carbocycles. The first-order chi connectivity index (χ1) is 13.5. The van der Waals surface area contributed by atoms with Gasteiger partial charge in [0.1, 0.15) is 5.69 Å². The van der Waals surface area contributed by atoms with Gasteiger partial charge in [0.2, 0.25) is 5.91 Å². The van der Waals surface area contributed by atoms with Gasteiger partial charge in [-0.2, -0.15) is 5.10 Å². The number of aromatic amines is 1. The molecule has 7 nitrogen and oxygen atoms in total. The second-order valence-corrected chi connectivity index (χ2v) is 7.85. The minimum absolute atomic E-state index is 0.109. The van der Waals surface area contributed by atoms with E-state index in [0.29, 0.717) is 24.1 Å². The number of hydrogen-bond donors (Lipinski definition) is 1. The highest BCUT2D eigenvalue weighted by Gasteiger charge is 2.48. The molecule has 0 spiro atoms. The zero-order valence-electron chi connectivity index (χ0n) is 16.5. The molecule has 2 saturated heterocycles. The maximum absolute atomic E-state index is 12.3. The Bertz CT molecular complexity index is 893. The molecule has 3 atom stereocenters. The van der Waals surface area contributed by atoms with Gasteiger partial charge in [-0.1, -0.05) is 24.3 Å². The van der Waals surface area contributed by atoms with E-state index in [1.54, 1.807) is 13.1 Å². The van der Waals surface area contributed by atoms with E-state index in [0.717, 1.165) is 25.2 Å². The van der Waals surface area contributed by atoms with Gasteiger partial charge < -0.3 is 9.64 Å². The maximum Gasteiger partial charge on any atom is 0.356 e. The van der Waals surface area contributed by atoms with Crippen LogP contribution in [0.3, 0.4) is 0 Å². The largest absolute Gasteiger partial charge is 0.464 e. The number of benzene rings is 1. The number of hydrogen-bond acceptors (Lipinski definition) is 5. The van der Waals surface area contributed by atoms with Crippen molar-refractivity contribution in [2.75, 3.05) is 26.7 Å². The minimum atomic E-state index is -0.396. The van der Waals surface area contributed by atoms with E-state index < -0.39 is 5.97 Å². The van der Waals surface area contributed by atoms with Gasteiger partial charge in [-0.25, -0.2) is 4.79 Å². The van der Waals surface area contributed by atoms with Gasteiger partial charge >= 0.3 is 5.97 Å². The Morgan fingerprint density at radius 3 is 2.75 bits per heavy atom. The Hall–Kier alpha value is -2.67. The number of ether oxygens (including phenoxy) is 1. The normalized spacial score (nSPS) is 24.4. The van der Waals surface area contributed by atoms with Crippen molar-refractivity contribution in [1.82, 2.24) is 20.0 Å². The van der Waals surface area contributed by atoms with Crippen LogP contribution < -0.4 is 0 Å². The van der Waals surface area contributed by atoms with Gasteiger partial charge in [0.05, 0.1) is 19.3 Å². The number of aromatic nitrogens is 2. The Morgan fingerprint density at radius 2 is 2.04 bits per heavy atom. The summed E-state index contributed by atoms with van der Waals surface area (Å²) in [5, 5.41) is 6.75. The molecule has 3 heterocycles. The first-order valence-electron chi connectivity index (χ1n) is 9.65. The molecule has 2 aliphatic rings. The number of amides is 1. The fraction of sp³-hybridized carbons (Fsp3) is 0.476. The van der Waals surface area contributed by atoms with Crippen LogP contribution in [0.4, 0.5) is 0 Å². The quantitative estimate of drug-likeness (QED) is 0.820. The van der Waals surface area contributed by atoms with Crippen LogP contribution >= 0.6 is 0 Å². The molecule has 2 aromatic rings. The standard InChI is InChI=1S/C21H26N4O3/c1-13-6-4-5-7-17(13)20-18-12-24(10-16(18)11-25(20)14(2)26)9-15-8-22-23-19(15)21(27)28-3/h4-8,16,18,20H,9-12H2,1-3H3,(H,22,23)/t16-,18-,20-/m1/s1. The summed E-state index contributed by atoms with van der Waals surface area (Å²) >= 11 is 0. The SMILES string of the molecule is COC(=O)c1[nH]ncc1CN1C[C@@H]2CN(C(C)=O)[C@H](c3ccccc3C)[C@@H]2C1. The average Bonchev–Trinajstić information content (AvgIpc) is 3.36. The molecule has 148 valence electrons. The number of methoxy groups -OCH3 is 1. The number of nitrogens with zero attached hydrogens (tertiary/aromatic N) is 3. The summed E-state index contributed by atoms with van der Waals surface area (Å²) < 4.78 is 4.83. The van der Waals surface area contributed by atoms with Gasteiger partial charge in [0.25, 0.3) is 0 Å². The molecular weight excluding hydrogens is 356 g/mol. The Balaban J connectivity index is 1.55. The number of esters is 1. The lowest BCUT2D eigenvalue weighted by molar-refractivity contribution is -0.130. The molecule has 0 radical (unpaired) electrons. The summed E-state index contributed by atoms with van der Waals surface area (Å²) in [6, 6.07) is 8.46. The molecule has 0 saturated carbocycles. The molecule has 1 amide bonds. The smallest absolute Gasteiger partial charge is 0.356 e. The second kappa shape index (κ2) is 7.39. The molecular formula is C21H26N4O3. The summed E-state index contributed by atoms with van der Waals surface area (Å²) in [4.78, 5) is 28.6. The van der Waals surface area contributed by atoms with Crippen LogP contribution in [0.1, 0.15) is 40.1 Å². The number of carbonyl (C=O) groups excluding carboxylic acids is 2. The lowest BCUT2D eigenvalue weighted by atomic mass is 9.87. The van der Waals surface area contributed by atoms with Crippen molar-refractivity contribution in [3.8, 4) is 0 Å². The molecule has 0 bridgehead atoms. The molecule has 1 aromatic carbocycles. The molecule has 0 unspecified atom stereocenters. The number of fused-ring (bicyclic) bond motifs is 1. The van der Waals surface area contributed by atoms with Crippen molar-refractivity contribution in [3.05, 3.63) is 52.8 Å². The number of carbonyl (C=O) groups is 2. The third kappa shape index (κ3) is 3.20. The van der Waals surface area contributed by atoms with Crippen molar-refractivity contribution in [1.29, 1.82) is 0 Å². The van der Waals surface area contributed by atoms with E-state index in [1.165, 1.54) is 18.2 Å². The first kappa shape index (κ1) is 18.7. The minimum Gasteiger partial charge on any atom is -0.464 e. The van der Waals surface area contributed by atoms with Crippen molar-refractivity contribution >= 4 is 11.9 Å². The molecule has 1 N–H and O–H groups in total. The predicted octanol–water partition coefficient (Wildman–Crippen LogP) is 2.16. The molecule has 2 aliphatic heterocycles. The number of rotatable bonds is 4. The van der Waals surface area contributed by atoms with Gasteiger partial charge in [-0.05, 0) is 24.0 Å². The predicted molar refractivity (Wildman–Crippen MR) is 103 cm³/mol. The van der Waals surface area contributed by atoms with Crippen LogP contribution in [0.25, 0.3) is 0 Å². The van der Waals surface area contributed by atoms with Gasteiger partial charge in [0.15, 0.2) is 0 Å². The van der Waals surface area contributed by atoms with E-state index in [-0.39, 0.29) is 11.9 Å². The Labute approximate surface area is 164 Å². The van der Waals surface area contributed by atoms with Gasteiger partial charge in [-0.15, -0.1) is 0 Å². The lowest BCUT2D eigenvalue weighted by Crippen LogP contribution is -2.34. The fourth-order valence-corrected chi connectivity index (χ4v) is 4.86. The fourth-order valence-electron chi connectivity index (χ4n) is 4.86. The topological polar surface area (TPSA) is 78.5 Å². The first-order valence-corrected chi connectivity index (χ1v) is 9.65. The number of aryl methyl sites for hydroxylation is 1. The molecule has 4 rings (SSSR count). The third-order valence-electron chi connectivity index (χ3n) is 6.15. The zero-order chi connectivity index (χ0) is 19.8. The molecule has 2 fully saturated rings. The highest BCUT2D eigenvalue weighted by atomic mass is 16.5. The van der Waals surface area contributed by atoms with Gasteiger partial charge in [-0.3, -0.25) is 14.8 Å². The molecule has 1 aromatic heterocycles. The molecule has 28 heavy (non-hydrogen) atoms. The van der Waals surface area contributed by atoms with E-state index in [9.17, 15) is 9.59 Å². The van der Waals surface area contributed by atoms with Crippen LogP contribution in [0.5, 0.6) is 0 Å². The Morgan fingerprint density at radius 1 is 1.25 bits per heavy atom. The monoisotopic (exact) mass is 382 g/mol. The van der Waals surface area contributed by atoms with Crippen LogP contribution in [0, 0.1) is 18.8 Å². The maximum atomic E-state index is 12.3. The Kier molecular flexibility index (Phi) is 4.93. The van der Waals surface area contributed by atoms with E-state index in [4.69, 9.17) is 4.74 Å². The van der Waals surface area contributed by atoms with Crippen LogP contribution in [-0.2, 0) is 16.1 Å². The average molecular weight is 382 g/mol. The summed E-state index contributed by atoms with van der Waals surface area (Å²) in [5.41, 5.74) is 3.73. The number of likely N-dealkylation sites (tertiary alicyclic amines) is 2. The van der Waals surface area contributed by atoms with Crippen molar-refractivity contribution in [2.24, 2.45) is 11.8 Å². The summed E-state index contributed by atoms with van der Waals surface area (Å²) in [5.74, 6) is 0.560. The summed E-state index contributed by atoms with van der Waals surface area (Å²) in [6.07, 6.45) is 1.70. The summed E-state index contributed by atoms with van der Waals surface area (Å²) in [6.45, 7) is 7.00. The lowest BCUT2D eigenvalue weighted by Gasteiger charge is -2.30. The van der Waals surface area contributed by atoms with E-state index in [1.807, 2.05) is 11.0 Å². The summed E-state index contributed by atoms with van der Waals surface area (Å²) in [7, 11) is 1.37. The van der Waals surface area contributed by atoms with Crippen LogP contribution in [0.15, 0.2) is 30.5 Å². The highest BCUT2D eigenvalue weighted by Crippen LogP contribution is 2.46. The number of H-pyrrole nitrogens is 1. The third-order valence-corrected chi connectivity index (χ3v) is 6.15. The zero-order valence-corrected chi connectivity index (χ0v) is 16.5.